The molecule has 0 aromatic heterocycles. The van der Waals surface area contributed by atoms with Gasteiger partial charge in [-0.05, 0) is 38.1 Å². The molecule has 3 fully saturated rings. The fourth-order valence-corrected chi connectivity index (χ4v) is 5.91. The van der Waals surface area contributed by atoms with Crippen LogP contribution in [0.25, 0.3) is 0 Å². The lowest BCUT2D eigenvalue weighted by Gasteiger charge is -2.50. The van der Waals surface area contributed by atoms with Gasteiger partial charge in [0.15, 0.2) is 6.29 Å². The Hall–Kier alpha value is -1.05. The molecule has 0 spiro atoms. The summed E-state index contributed by atoms with van der Waals surface area (Å²) in [6.45, 7) is 2.08. The topological polar surface area (TPSA) is 268 Å². The van der Waals surface area contributed by atoms with Crippen molar-refractivity contribution >= 4 is 5.91 Å². The van der Waals surface area contributed by atoms with E-state index in [2.05, 4.69) is 10.6 Å². The molecule has 2 aliphatic heterocycles. The van der Waals surface area contributed by atoms with Gasteiger partial charge >= 0.3 is 0 Å². The summed E-state index contributed by atoms with van der Waals surface area (Å²) >= 11 is 0. The van der Waals surface area contributed by atoms with E-state index in [1.807, 2.05) is 6.92 Å². The summed E-state index contributed by atoms with van der Waals surface area (Å²) in [5.74, 6) is -1.39. The molecule has 2 heterocycles. The van der Waals surface area contributed by atoms with Crippen molar-refractivity contribution in [2.24, 2.45) is 29.0 Å². The second-order valence-electron chi connectivity index (χ2n) is 11.4. The number of carbonyl (C=O) groups is 1. The van der Waals surface area contributed by atoms with Crippen molar-refractivity contribution in [3.05, 3.63) is 0 Å². The molecule has 1 aliphatic carbocycles. The minimum absolute atomic E-state index is 0.0531. The Bertz CT molecular complexity index is 786. The molecule has 0 radical (unpaired) electrons. The highest BCUT2D eigenvalue weighted by atomic mass is 16.7. The summed E-state index contributed by atoms with van der Waals surface area (Å²) in [5.41, 5.74) is 17.9. The van der Waals surface area contributed by atoms with Crippen LogP contribution in [0, 0.1) is 11.8 Å². The van der Waals surface area contributed by atoms with Gasteiger partial charge in [0.2, 0.25) is 5.91 Å². The first kappa shape index (κ1) is 33.5. The van der Waals surface area contributed by atoms with Gasteiger partial charge < -0.3 is 72.7 Å². The first-order valence-electron chi connectivity index (χ1n) is 14.1. The maximum absolute atomic E-state index is 12.7. The quantitative estimate of drug-likeness (QED) is 0.103. The van der Waals surface area contributed by atoms with Crippen LogP contribution in [-0.2, 0) is 19.0 Å². The molecule has 40 heavy (non-hydrogen) atoms. The van der Waals surface area contributed by atoms with Gasteiger partial charge in [-0.3, -0.25) is 4.79 Å². The van der Waals surface area contributed by atoms with Crippen molar-refractivity contribution < 1.29 is 49.6 Å². The van der Waals surface area contributed by atoms with Gasteiger partial charge in [0.05, 0.1) is 55.8 Å². The van der Waals surface area contributed by atoms with E-state index < -0.39 is 72.9 Å². The summed E-state index contributed by atoms with van der Waals surface area (Å²) in [6.07, 6.45) is -7.46. The second kappa shape index (κ2) is 15.4. The number of nitrogens with one attached hydrogen (secondary N) is 2. The highest BCUT2D eigenvalue weighted by molar-refractivity contribution is 5.80. The van der Waals surface area contributed by atoms with Crippen LogP contribution in [0.2, 0.25) is 0 Å². The molecule has 0 aromatic rings. The van der Waals surface area contributed by atoms with Gasteiger partial charge in [0.1, 0.15) is 18.3 Å². The third-order valence-electron chi connectivity index (χ3n) is 8.26. The van der Waals surface area contributed by atoms with E-state index >= 15 is 0 Å². The van der Waals surface area contributed by atoms with E-state index in [-0.39, 0.29) is 50.8 Å². The predicted octanol–water partition coefficient (Wildman–Crippen LogP) is -5.19. The summed E-state index contributed by atoms with van der Waals surface area (Å²) in [5, 5.41) is 66.8. The number of amides is 1. The summed E-state index contributed by atoms with van der Waals surface area (Å²) in [6, 6.07) is -2.20. The highest BCUT2D eigenvalue weighted by Crippen LogP contribution is 2.40. The van der Waals surface area contributed by atoms with Gasteiger partial charge in [0, 0.05) is 25.0 Å². The van der Waals surface area contributed by atoms with Gasteiger partial charge in [-0.1, -0.05) is 6.92 Å². The van der Waals surface area contributed by atoms with Crippen LogP contribution in [-0.4, -0.2) is 143 Å². The Labute approximate surface area is 234 Å². The molecule has 15 heteroatoms. The zero-order valence-corrected chi connectivity index (χ0v) is 23.0. The molecule has 3 unspecified atom stereocenters. The normalized spacial score (nSPS) is 42.2. The van der Waals surface area contributed by atoms with Gasteiger partial charge in [-0.2, -0.15) is 0 Å². The first-order valence-corrected chi connectivity index (χ1v) is 14.1. The zero-order chi connectivity index (χ0) is 29.6. The minimum atomic E-state index is -1.40. The second-order valence-corrected chi connectivity index (χ2v) is 11.4. The van der Waals surface area contributed by atoms with Crippen LogP contribution in [0.5, 0.6) is 0 Å². The maximum Gasteiger partial charge on any atom is 0.249 e. The van der Waals surface area contributed by atoms with Crippen molar-refractivity contribution in [1.29, 1.82) is 0 Å². The molecule has 1 amide bonds. The molecule has 14 atom stereocenters. The lowest BCUT2D eigenvalue weighted by atomic mass is 9.69. The number of aliphatic hydroxyl groups excluding tert-OH is 6. The van der Waals surface area contributed by atoms with Gasteiger partial charge in [-0.15, -0.1) is 0 Å². The van der Waals surface area contributed by atoms with Crippen LogP contribution in [0.15, 0.2) is 0 Å². The molecule has 0 aromatic carbocycles. The van der Waals surface area contributed by atoms with Crippen LogP contribution in [0.4, 0.5) is 0 Å². The highest BCUT2D eigenvalue weighted by Gasteiger charge is 2.52. The maximum atomic E-state index is 12.7. The van der Waals surface area contributed by atoms with Crippen molar-refractivity contribution in [1.82, 2.24) is 10.6 Å². The van der Waals surface area contributed by atoms with E-state index in [0.29, 0.717) is 25.8 Å². The largest absolute Gasteiger partial charge is 0.394 e. The van der Waals surface area contributed by atoms with Crippen LogP contribution in [0.3, 0.4) is 0 Å². The first-order chi connectivity index (χ1) is 19.0. The summed E-state index contributed by atoms with van der Waals surface area (Å²) in [4.78, 5) is 12.7. The zero-order valence-electron chi connectivity index (χ0n) is 23.0. The molecule has 2 saturated heterocycles. The molecule has 3 rings (SSSR count). The number of aliphatic hydroxyl groups is 6. The number of carbonyl (C=O) groups excluding carboxylic acids is 1. The Kier molecular flexibility index (Phi) is 12.9. The predicted molar refractivity (Wildman–Crippen MR) is 141 cm³/mol. The Balaban J connectivity index is 1.78. The van der Waals surface area contributed by atoms with E-state index in [4.69, 9.17) is 36.5 Å². The fraction of sp³-hybridized carbons (Fsp3) is 0.960. The standard InChI is InChI=1S/C25H49N5O10/c1-11-6-15(30-24(37)16(33)4-5-26)23(40-25-21(36)19(28)17(34)10-38-25)20(35)18(11)22-14(27)3-2-13(39-22)8-29-7-12(32)9-31/h11-23,25,29,31-36H,2-10,26-28H2,1H3,(H,30,37)/t11?,12?,13-,14+,15+,16-,17+,18?,19-,20-,21+,22-,23-,25+/m0/s1. The van der Waals surface area contributed by atoms with Gasteiger partial charge in [0.25, 0.3) is 0 Å². The number of hydrogen-bond acceptors (Lipinski definition) is 14. The van der Waals surface area contributed by atoms with Crippen LogP contribution in [0.1, 0.15) is 32.6 Å². The molecule has 0 bridgehead atoms. The fourth-order valence-electron chi connectivity index (χ4n) is 5.91. The molecule has 15 nitrogen and oxygen atoms in total. The van der Waals surface area contributed by atoms with Crippen molar-refractivity contribution in [2.75, 3.05) is 32.8 Å². The smallest absolute Gasteiger partial charge is 0.249 e. The average molecular weight is 580 g/mol. The van der Waals surface area contributed by atoms with E-state index in [0.717, 1.165) is 0 Å². The van der Waals surface area contributed by atoms with E-state index in [1.165, 1.54) is 0 Å². The summed E-state index contributed by atoms with van der Waals surface area (Å²) in [7, 11) is 0. The van der Waals surface area contributed by atoms with Crippen molar-refractivity contribution in [3.63, 3.8) is 0 Å². The number of hydrogen-bond donors (Lipinski definition) is 11. The lowest BCUT2D eigenvalue weighted by molar-refractivity contribution is -0.284. The Morgan fingerprint density at radius 2 is 1.88 bits per heavy atom. The third kappa shape index (κ3) is 8.28. The van der Waals surface area contributed by atoms with Crippen molar-refractivity contribution in [3.8, 4) is 0 Å². The molecule has 1 saturated carbocycles. The lowest BCUT2D eigenvalue weighted by Crippen LogP contribution is -2.66. The van der Waals surface area contributed by atoms with Gasteiger partial charge in [-0.25, -0.2) is 0 Å². The van der Waals surface area contributed by atoms with Crippen LogP contribution >= 0.6 is 0 Å². The molecular formula is C25H49N5O10. The molecule has 234 valence electrons. The third-order valence-corrected chi connectivity index (χ3v) is 8.26. The molecule has 14 N–H and O–H groups in total. The number of ether oxygens (including phenoxy) is 3. The summed E-state index contributed by atoms with van der Waals surface area (Å²) < 4.78 is 17.9. The average Bonchev–Trinajstić information content (AvgIpc) is 2.92. The van der Waals surface area contributed by atoms with E-state index in [9.17, 15) is 30.3 Å². The molecule has 3 aliphatic rings. The Morgan fingerprint density at radius 1 is 1.15 bits per heavy atom. The number of nitrogens with two attached hydrogens (primary N) is 3. The Morgan fingerprint density at radius 3 is 2.55 bits per heavy atom. The van der Waals surface area contributed by atoms with Crippen LogP contribution < -0.4 is 27.8 Å². The van der Waals surface area contributed by atoms with Crippen molar-refractivity contribution in [2.45, 2.75) is 106 Å². The SMILES string of the molecule is CC1C[C@@H](NC(=O)[C@@H](O)CCN)[C@H](O[C@H]2OC[C@@H](O)[C@H](N)[C@H]2O)[C@@H](O)C1[C@H]1O[C@H](CNCC(O)CO)CC[C@H]1N. The van der Waals surface area contributed by atoms with E-state index in [1.54, 1.807) is 0 Å². The monoisotopic (exact) mass is 579 g/mol. The molecular weight excluding hydrogens is 530 g/mol. The number of rotatable bonds is 12. The minimum Gasteiger partial charge on any atom is -0.394 e.